The second kappa shape index (κ2) is 17.1. The van der Waals surface area contributed by atoms with Gasteiger partial charge in [0.15, 0.2) is 0 Å². The van der Waals surface area contributed by atoms with E-state index in [4.69, 9.17) is 0 Å². The van der Waals surface area contributed by atoms with Crippen LogP contribution >= 0.6 is 11.9 Å². The molecule has 0 aliphatic carbocycles. The van der Waals surface area contributed by atoms with Crippen molar-refractivity contribution in [2.75, 3.05) is 7.11 Å². The molecule has 6 heavy (non-hydrogen) atoms. The molecule has 0 radical (unpaired) electrons. The van der Waals surface area contributed by atoms with Crippen LogP contribution < -0.4 is 0 Å². The van der Waals surface area contributed by atoms with Gasteiger partial charge in [0.25, 0.3) is 0 Å². The Bertz CT molecular complexity index is 12.8. The van der Waals surface area contributed by atoms with Crippen LogP contribution in [0.15, 0.2) is 0 Å². The summed E-state index contributed by atoms with van der Waals surface area (Å²) in [6.45, 7) is 2.19. The van der Waals surface area contributed by atoms with Gasteiger partial charge in [-0.05, 0) is 0 Å². The van der Waals surface area contributed by atoms with E-state index < -0.39 is 0 Å². The van der Waals surface area contributed by atoms with Gasteiger partial charge in [0.05, 0.1) is 19.0 Å². The molecular weight excluding hydrogens is 114 g/mol. The van der Waals surface area contributed by atoms with Crippen LogP contribution in [-0.4, -0.2) is 23.4 Å². The van der Waals surface area contributed by atoms with E-state index in [0.717, 1.165) is 0 Å². The maximum Gasteiger partial charge on any atom is 0.211 e. The molecule has 0 aliphatic heterocycles. The van der Waals surface area contributed by atoms with Gasteiger partial charge in [-0.3, -0.25) is 4.29 Å². The first-order chi connectivity index (χ1) is 2.83. The van der Waals surface area contributed by atoms with Gasteiger partial charge in [-0.2, -0.15) is 0 Å². The predicted octanol–water partition coefficient (Wildman–Crippen LogP) is 0.844. The smallest absolute Gasteiger partial charge is 0.211 e. The fourth-order valence-corrected chi connectivity index (χ4v) is 0. The molecule has 0 bridgehead atoms. The lowest BCUT2D eigenvalue weighted by atomic mass is 11.0. The number of halogens is 1. The summed E-state index contributed by atoms with van der Waals surface area (Å²) in [4.78, 5) is 0. The summed E-state index contributed by atoms with van der Waals surface area (Å²) in [5, 5.41) is 1.39. The molecule has 0 saturated carbocycles. The van der Waals surface area contributed by atoms with Gasteiger partial charge < -0.3 is 0 Å². The molecule has 0 aromatic heterocycles. The molecule has 0 amide bonds. The lowest BCUT2D eigenvalue weighted by Crippen LogP contribution is -1.41. The fraction of sp³-hybridized carbons (Fsp3) is 1.00. The highest BCUT2D eigenvalue weighted by Gasteiger charge is 1.41. The van der Waals surface area contributed by atoms with Crippen molar-refractivity contribution in [2.45, 2.75) is 12.2 Å². The highest BCUT2D eigenvalue weighted by Crippen LogP contribution is 1.59. The molecule has 1 nitrogen and oxygen atoms in total. The Kier molecular flexibility index (Phi) is 28.2. The van der Waals surface area contributed by atoms with Crippen molar-refractivity contribution in [1.82, 2.24) is 0 Å². The zero-order valence-corrected chi connectivity index (χ0v) is 7.25. The monoisotopic (exact) mass is 124 g/mol. The zero-order valence-electron chi connectivity index (χ0n) is 4.49. The fourth-order valence-electron chi connectivity index (χ4n) is 0. The summed E-state index contributed by atoms with van der Waals surface area (Å²) in [6.07, 6.45) is 0. The van der Waals surface area contributed by atoms with E-state index in [1.165, 1.54) is 28.7 Å². The molecule has 0 N–H and O–H groups in total. The van der Waals surface area contributed by atoms with E-state index in [0.29, 0.717) is 0 Å². The summed E-state index contributed by atoms with van der Waals surface area (Å²) < 4.78 is 3.72. The third-order valence-electron chi connectivity index (χ3n) is 0. The van der Waals surface area contributed by atoms with Crippen LogP contribution in [0, 0.1) is 0 Å². The summed E-state index contributed by atoms with van der Waals surface area (Å²) >= 11 is 5.87. The van der Waals surface area contributed by atoms with Gasteiger partial charge in [-0.15, -0.1) is 5.28 Å². The lowest BCUT2D eigenvalue weighted by molar-refractivity contribution is 0.463. The second-order valence-corrected chi connectivity index (χ2v) is 2.58. The average molecular weight is 125 g/mol. The predicted molar refractivity (Wildman–Crippen MR) is 31.9 cm³/mol. The van der Waals surface area contributed by atoms with Gasteiger partial charge in [-0.1, -0.05) is 6.92 Å². The Morgan fingerprint density at radius 3 is 1.83 bits per heavy atom. The molecule has 38 valence electrons. The van der Waals surface area contributed by atoms with Crippen molar-refractivity contribution in [2.24, 2.45) is 0 Å². The molecule has 0 rings (SSSR count). The zero-order chi connectivity index (χ0) is 5.41. The van der Waals surface area contributed by atoms with Crippen LogP contribution in [0.25, 0.3) is 0 Å². The normalized spacial score (nSPS) is 5.83. The lowest BCUT2D eigenvalue weighted by Gasteiger charge is -1.54. The summed E-state index contributed by atoms with van der Waals surface area (Å²) in [5.41, 5.74) is 0. The van der Waals surface area contributed by atoms with Crippen LogP contribution in [-0.2, 0) is 4.29 Å². The third kappa shape index (κ3) is 112. The van der Waals surface area contributed by atoms with Crippen LogP contribution in [0.1, 0.15) is 6.92 Å². The number of hydrogen-bond acceptors (Lipinski definition) is 1. The molecule has 3 heteroatoms. The topological polar surface area (TPSA) is 9.23 Å². The molecule has 0 heterocycles. The van der Waals surface area contributed by atoms with Crippen molar-refractivity contribution >= 4 is 28.2 Å². The largest absolute Gasteiger partial charge is 0.283 e. The van der Waals surface area contributed by atoms with Crippen molar-refractivity contribution in [1.29, 1.82) is 0 Å². The van der Waals surface area contributed by atoms with Gasteiger partial charge >= 0.3 is 0 Å². The van der Waals surface area contributed by atoms with E-state index in [1.54, 1.807) is 0 Å². The minimum Gasteiger partial charge on any atom is -0.283 e. The Morgan fingerprint density at radius 2 is 1.83 bits per heavy atom. The van der Waals surface area contributed by atoms with Gasteiger partial charge in [0, 0.05) is 0 Å². The summed E-state index contributed by atoms with van der Waals surface area (Å²) in [5.74, 6) is 0. The van der Waals surface area contributed by atoms with Gasteiger partial charge in [0.2, 0.25) is 16.3 Å². The minimum absolute atomic E-state index is 1.37. The first kappa shape index (κ1) is 9.92. The van der Waals surface area contributed by atoms with E-state index in [9.17, 15) is 0 Å². The molecule has 0 fully saturated rings. The number of hydrogen-bond donors (Lipinski definition) is 0. The van der Waals surface area contributed by atoms with Crippen LogP contribution in [0.5, 0.6) is 0 Å². The second-order valence-electron chi connectivity index (χ2n) is 0.861. The molecule has 0 unspecified atom stereocenters. The highest BCUT2D eigenvalue weighted by molar-refractivity contribution is 6.08. The maximum absolute atomic E-state index is 4.50. The SMILES string of the molecule is COCl.C[CH2][AlH2]. The molecule has 0 atom stereocenters. The average Bonchev–Trinajstić information content (AvgIpc) is 1.39. The van der Waals surface area contributed by atoms with Gasteiger partial charge in [0.1, 0.15) is 0 Å². The van der Waals surface area contributed by atoms with E-state index in [1.807, 2.05) is 0 Å². The maximum atomic E-state index is 4.50. The van der Waals surface area contributed by atoms with E-state index in [-0.39, 0.29) is 0 Å². The Hall–Kier alpha value is 0.782. The quantitative estimate of drug-likeness (QED) is 0.435. The first-order valence-corrected chi connectivity index (χ1v) is 3.70. The van der Waals surface area contributed by atoms with Crippen LogP contribution in [0.2, 0.25) is 5.28 Å². The first-order valence-electron chi connectivity index (χ1n) is 1.98. The van der Waals surface area contributed by atoms with Crippen molar-refractivity contribution < 1.29 is 4.29 Å². The van der Waals surface area contributed by atoms with Crippen molar-refractivity contribution in [3.05, 3.63) is 0 Å². The van der Waals surface area contributed by atoms with Crippen LogP contribution in [0.3, 0.4) is 0 Å². The highest BCUT2D eigenvalue weighted by atomic mass is 35.5. The Balaban J connectivity index is 0. The van der Waals surface area contributed by atoms with E-state index >= 15 is 0 Å². The standard InChI is InChI=1S/C2H5.CH3ClO.Al.2H/c1-2;1-3-2;;;/h1H2,2H3;1H3;;;. The molecule has 0 saturated heterocycles. The third-order valence-corrected chi connectivity index (χ3v) is 0. The van der Waals surface area contributed by atoms with Gasteiger partial charge in [-0.25, -0.2) is 0 Å². The molecule has 0 aliphatic rings. The van der Waals surface area contributed by atoms with Crippen molar-refractivity contribution in [3.63, 3.8) is 0 Å². The molecule has 0 aromatic carbocycles. The molecule has 0 aromatic rings. The minimum atomic E-state index is 1.37. The molecular formula is C3H10AlClO. The van der Waals surface area contributed by atoms with E-state index in [2.05, 4.69) is 23.1 Å². The van der Waals surface area contributed by atoms with Crippen LogP contribution in [0.4, 0.5) is 0 Å². The molecule has 0 spiro atoms. The Labute approximate surface area is 52.2 Å². The van der Waals surface area contributed by atoms with Crippen molar-refractivity contribution in [3.8, 4) is 0 Å². The Morgan fingerprint density at radius 1 is 1.83 bits per heavy atom. The summed E-state index contributed by atoms with van der Waals surface area (Å²) in [7, 11) is 1.39. The number of rotatable bonds is 0. The summed E-state index contributed by atoms with van der Waals surface area (Å²) in [6, 6.07) is 0.